The van der Waals surface area contributed by atoms with Crippen molar-refractivity contribution < 1.29 is 0 Å². The molecule has 1 saturated carbocycles. The average Bonchev–Trinajstić information content (AvgIpc) is 2.04. The largest absolute Gasteiger partial charge is 0.103 e. The van der Waals surface area contributed by atoms with Gasteiger partial charge in [0.05, 0.1) is 0 Å². The molecule has 1 rings (SSSR count). The van der Waals surface area contributed by atoms with Crippen molar-refractivity contribution in [2.24, 2.45) is 11.8 Å². The highest BCUT2D eigenvalue weighted by atomic mass is 14.3. The summed E-state index contributed by atoms with van der Waals surface area (Å²) in [4.78, 5) is 0. The molecule has 0 saturated heterocycles. The van der Waals surface area contributed by atoms with Gasteiger partial charge in [-0.3, -0.25) is 0 Å². The van der Waals surface area contributed by atoms with E-state index in [4.69, 9.17) is 0 Å². The summed E-state index contributed by atoms with van der Waals surface area (Å²) in [5.41, 5.74) is 1.34. The Balaban J connectivity index is 2.58. The van der Waals surface area contributed by atoms with Crippen LogP contribution in [-0.2, 0) is 0 Å². The van der Waals surface area contributed by atoms with Crippen molar-refractivity contribution in [2.75, 3.05) is 0 Å². The number of hydrogen-bond donors (Lipinski definition) is 0. The van der Waals surface area contributed by atoms with Crippen molar-refractivity contribution in [3.05, 3.63) is 24.8 Å². The predicted molar refractivity (Wildman–Crippen MR) is 50.5 cm³/mol. The van der Waals surface area contributed by atoms with Crippen LogP contribution in [-0.4, -0.2) is 0 Å². The predicted octanol–water partition coefficient (Wildman–Crippen LogP) is 3.55. The number of rotatable bonds is 2. The normalized spacial score (nSPS) is 31.4. The lowest BCUT2D eigenvalue weighted by molar-refractivity contribution is 0.324. The van der Waals surface area contributed by atoms with Gasteiger partial charge in [-0.1, -0.05) is 31.1 Å². The van der Waals surface area contributed by atoms with E-state index in [0.29, 0.717) is 5.92 Å². The van der Waals surface area contributed by atoms with Crippen LogP contribution in [0, 0.1) is 11.8 Å². The van der Waals surface area contributed by atoms with Crippen LogP contribution in [0.2, 0.25) is 0 Å². The van der Waals surface area contributed by atoms with E-state index in [0.717, 1.165) is 5.92 Å². The maximum absolute atomic E-state index is 4.03. The summed E-state index contributed by atoms with van der Waals surface area (Å²) in [6.45, 7) is 10.1. The second-order valence-electron chi connectivity index (χ2n) is 3.64. The molecule has 1 aliphatic carbocycles. The van der Waals surface area contributed by atoms with E-state index < -0.39 is 0 Å². The van der Waals surface area contributed by atoms with Crippen LogP contribution in [0.1, 0.15) is 32.6 Å². The lowest BCUT2D eigenvalue weighted by atomic mass is 9.76. The Hall–Kier alpha value is -0.520. The van der Waals surface area contributed by atoms with Crippen molar-refractivity contribution in [1.29, 1.82) is 0 Å². The molecule has 0 N–H and O–H groups in total. The summed E-state index contributed by atoms with van der Waals surface area (Å²) in [6.07, 6.45) is 7.51. The van der Waals surface area contributed by atoms with Crippen LogP contribution >= 0.6 is 0 Å². The minimum absolute atomic E-state index is 0.709. The molecule has 0 amide bonds. The zero-order valence-corrected chi connectivity index (χ0v) is 7.47. The fourth-order valence-electron chi connectivity index (χ4n) is 2.05. The third kappa shape index (κ3) is 1.95. The van der Waals surface area contributed by atoms with Gasteiger partial charge in [0.1, 0.15) is 0 Å². The summed E-state index contributed by atoms with van der Waals surface area (Å²) >= 11 is 0. The molecule has 0 spiro atoms. The first-order valence-electron chi connectivity index (χ1n) is 4.53. The molecule has 0 aliphatic heterocycles. The van der Waals surface area contributed by atoms with Gasteiger partial charge in [-0.25, -0.2) is 0 Å². The van der Waals surface area contributed by atoms with Gasteiger partial charge in [0, 0.05) is 0 Å². The average molecular weight is 150 g/mol. The summed E-state index contributed by atoms with van der Waals surface area (Å²) in [5, 5.41) is 0. The van der Waals surface area contributed by atoms with Gasteiger partial charge in [-0.05, 0) is 31.6 Å². The molecule has 0 aromatic carbocycles. The Morgan fingerprint density at radius 3 is 2.45 bits per heavy atom. The highest BCUT2D eigenvalue weighted by molar-refractivity contribution is 5.04. The highest BCUT2D eigenvalue weighted by Crippen LogP contribution is 2.34. The van der Waals surface area contributed by atoms with Crippen LogP contribution < -0.4 is 0 Å². The van der Waals surface area contributed by atoms with Gasteiger partial charge in [-0.15, -0.1) is 6.58 Å². The standard InChI is InChI=1S/C11H18/c1-4-10-7-5-6-8-11(10)9(2)3/h4,10-11H,1-2,5-8H2,3H3. The van der Waals surface area contributed by atoms with E-state index in [2.05, 4.69) is 26.2 Å². The maximum Gasteiger partial charge on any atom is -0.0146 e. The fraction of sp³-hybridized carbons (Fsp3) is 0.636. The third-order valence-electron chi connectivity index (χ3n) is 2.76. The Labute approximate surface area is 70.0 Å². The first kappa shape index (κ1) is 8.58. The molecule has 2 unspecified atom stereocenters. The van der Waals surface area contributed by atoms with Gasteiger partial charge in [-0.2, -0.15) is 0 Å². The van der Waals surface area contributed by atoms with Crippen LogP contribution in [0.15, 0.2) is 24.8 Å². The Kier molecular flexibility index (Phi) is 2.92. The van der Waals surface area contributed by atoms with Gasteiger partial charge >= 0.3 is 0 Å². The first-order chi connectivity index (χ1) is 5.25. The third-order valence-corrected chi connectivity index (χ3v) is 2.76. The molecule has 0 aromatic rings. The lowest BCUT2D eigenvalue weighted by Gasteiger charge is -2.29. The van der Waals surface area contributed by atoms with E-state index in [1.165, 1.54) is 31.3 Å². The topological polar surface area (TPSA) is 0 Å². The van der Waals surface area contributed by atoms with Crippen molar-refractivity contribution in [2.45, 2.75) is 32.6 Å². The molecular formula is C11H18. The molecule has 1 aliphatic rings. The van der Waals surface area contributed by atoms with Crippen molar-refractivity contribution in [1.82, 2.24) is 0 Å². The maximum atomic E-state index is 4.03. The van der Waals surface area contributed by atoms with Gasteiger partial charge < -0.3 is 0 Å². The van der Waals surface area contributed by atoms with E-state index in [-0.39, 0.29) is 0 Å². The minimum atomic E-state index is 0.709. The van der Waals surface area contributed by atoms with Crippen LogP contribution in [0.25, 0.3) is 0 Å². The van der Waals surface area contributed by atoms with E-state index in [1.54, 1.807) is 0 Å². The molecule has 0 heterocycles. The van der Waals surface area contributed by atoms with Crippen molar-refractivity contribution >= 4 is 0 Å². The molecule has 62 valence electrons. The lowest BCUT2D eigenvalue weighted by Crippen LogP contribution is -2.17. The molecular weight excluding hydrogens is 132 g/mol. The Bertz CT molecular complexity index is 155. The number of allylic oxidation sites excluding steroid dienone is 2. The van der Waals surface area contributed by atoms with Crippen molar-refractivity contribution in [3.8, 4) is 0 Å². The number of hydrogen-bond acceptors (Lipinski definition) is 0. The second kappa shape index (κ2) is 3.75. The van der Waals surface area contributed by atoms with E-state index in [9.17, 15) is 0 Å². The van der Waals surface area contributed by atoms with E-state index in [1.807, 2.05) is 0 Å². The summed E-state index contributed by atoms with van der Waals surface area (Å²) in [5.74, 6) is 1.43. The smallest absolute Gasteiger partial charge is 0.0146 e. The summed E-state index contributed by atoms with van der Waals surface area (Å²) in [6, 6.07) is 0. The fourth-order valence-corrected chi connectivity index (χ4v) is 2.05. The van der Waals surface area contributed by atoms with Crippen molar-refractivity contribution in [3.63, 3.8) is 0 Å². The summed E-state index contributed by atoms with van der Waals surface area (Å²) < 4.78 is 0. The molecule has 11 heavy (non-hydrogen) atoms. The Morgan fingerprint density at radius 2 is 2.00 bits per heavy atom. The Morgan fingerprint density at radius 1 is 1.36 bits per heavy atom. The minimum Gasteiger partial charge on any atom is -0.103 e. The zero-order chi connectivity index (χ0) is 8.27. The molecule has 0 radical (unpaired) electrons. The van der Waals surface area contributed by atoms with E-state index >= 15 is 0 Å². The van der Waals surface area contributed by atoms with Gasteiger partial charge in [0.2, 0.25) is 0 Å². The molecule has 0 heteroatoms. The van der Waals surface area contributed by atoms with Crippen LogP contribution in [0.3, 0.4) is 0 Å². The molecule has 0 bridgehead atoms. The second-order valence-corrected chi connectivity index (χ2v) is 3.64. The first-order valence-corrected chi connectivity index (χ1v) is 4.53. The van der Waals surface area contributed by atoms with Gasteiger partial charge in [0.15, 0.2) is 0 Å². The summed E-state index contributed by atoms with van der Waals surface area (Å²) in [7, 11) is 0. The molecule has 0 nitrogen and oxygen atoms in total. The van der Waals surface area contributed by atoms with Crippen LogP contribution in [0.5, 0.6) is 0 Å². The quantitative estimate of drug-likeness (QED) is 0.528. The van der Waals surface area contributed by atoms with Crippen LogP contribution in [0.4, 0.5) is 0 Å². The SMILES string of the molecule is C=CC1CCCCC1C(=C)C. The molecule has 1 fully saturated rings. The van der Waals surface area contributed by atoms with Gasteiger partial charge in [0.25, 0.3) is 0 Å². The monoisotopic (exact) mass is 150 g/mol. The molecule has 0 aromatic heterocycles. The highest BCUT2D eigenvalue weighted by Gasteiger charge is 2.22. The molecule has 2 atom stereocenters. The zero-order valence-electron chi connectivity index (χ0n) is 7.47.